The number of carbonyl (C=O) groups excluding carboxylic acids is 1. The maximum Gasteiger partial charge on any atom is 0.411 e. The molecule has 1 saturated heterocycles. The molecule has 1 aliphatic heterocycles. The van der Waals surface area contributed by atoms with Gasteiger partial charge in [-0.05, 0) is 30.7 Å². The average molecular weight is 275 g/mol. The summed E-state index contributed by atoms with van der Waals surface area (Å²) in [6.45, 7) is 0.646. The van der Waals surface area contributed by atoms with Gasteiger partial charge in [0.15, 0.2) is 0 Å². The van der Waals surface area contributed by atoms with Gasteiger partial charge in [-0.1, -0.05) is 30.3 Å². The molecule has 0 radical (unpaired) electrons. The van der Waals surface area contributed by atoms with Crippen LogP contribution in [0.3, 0.4) is 0 Å². The third-order valence-corrected chi connectivity index (χ3v) is 4.28. The SMILES string of the molecule is O=C(OCc1ccccc1)N1CCCC2CC21C(=O)O. The number of carbonyl (C=O) groups is 2. The first-order valence-electron chi connectivity index (χ1n) is 6.86. The third-order valence-electron chi connectivity index (χ3n) is 4.28. The monoisotopic (exact) mass is 275 g/mol. The van der Waals surface area contributed by atoms with Crippen molar-refractivity contribution in [1.29, 1.82) is 0 Å². The lowest BCUT2D eigenvalue weighted by Crippen LogP contribution is -2.51. The molecule has 2 aliphatic rings. The number of carboxylic acid groups (broad SMARTS) is 1. The average Bonchev–Trinajstić information content (AvgIpc) is 3.21. The molecule has 20 heavy (non-hydrogen) atoms. The zero-order valence-corrected chi connectivity index (χ0v) is 11.1. The van der Waals surface area contributed by atoms with E-state index < -0.39 is 17.6 Å². The Morgan fingerprint density at radius 3 is 2.80 bits per heavy atom. The van der Waals surface area contributed by atoms with Crippen molar-refractivity contribution in [3.05, 3.63) is 35.9 Å². The van der Waals surface area contributed by atoms with Crippen molar-refractivity contribution in [2.24, 2.45) is 5.92 Å². The number of rotatable bonds is 3. The van der Waals surface area contributed by atoms with E-state index in [9.17, 15) is 14.7 Å². The van der Waals surface area contributed by atoms with Gasteiger partial charge >= 0.3 is 12.1 Å². The summed E-state index contributed by atoms with van der Waals surface area (Å²) in [7, 11) is 0. The van der Waals surface area contributed by atoms with Crippen LogP contribution < -0.4 is 0 Å². The second-order valence-electron chi connectivity index (χ2n) is 5.46. The molecule has 2 unspecified atom stereocenters. The fraction of sp³-hybridized carbons (Fsp3) is 0.467. The highest BCUT2D eigenvalue weighted by molar-refractivity contribution is 5.88. The van der Waals surface area contributed by atoms with E-state index in [1.165, 1.54) is 4.90 Å². The van der Waals surface area contributed by atoms with Gasteiger partial charge in [0.1, 0.15) is 12.1 Å². The molecule has 5 heteroatoms. The maximum absolute atomic E-state index is 12.2. The summed E-state index contributed by atoms with van der Waals surface area (Å²) < 4.78 is 5.26. The number of nitrogens with zero attached hydrogens (tertiary/aromatic N) is 1. The second kappa shape index (κ2) is 4.81. The number of benzene rings is 1. The van der Waals surface area contributed by atoms with Crippen LogP contribution in [0, 0.1) is 5.92 Å². The van der Waals surface area contributed by atoms with Gasteiger partial charge in [-0.2, -0.15) is 0 Å². The van der Waals surface area contributed by atoms with Crippen molar-refractivity contribution < 1.29 is 19.4 Å². The molecule has 0 aromatic heterocycles. The van der Waals surface area contributed by atoms with Gasteiger partial charge < -0.3 is 9.84 Å². The van der Waals surface area contributed by atoms with Gasteiger partial charge in [-0.15, -0.1) is 0 Å². The van der Waals surface area contributed by atoms with Crippen LogP contribution in [0.2, 0.25) is 0 Å². The Hall–Kier alpha value is -2.04. The van der Waals surface area contributed by atoms with Gasteiger partial charge in [-0.3, -0.25) is 4.90 Å². The molecule has 1 amide bonds. The molecule has 1 saturated carbocycles. The Labute approximate surface area is 117 Å². The van der Waals surface area contributed by atoms with E-state index in [0.29, 0.717) is 13.0 Å². The van der Waals surface area contributed by atoms with Gasteiger partial charge in [0.05, 0.1) is 0 Å². The lowest BCUT2D eigenvalue weighted by molar-refractivity contribution is -0.146. The highest BCUT2D eigenvalue weighted by atomic mass is 16.6. The molecule has 0 spiro atoms. The fourth-order valence-electron chi connectivity index (χ4n) is 3.11. The Morgan fingerprint density at radius 1 is 1.35 bits per heavy atom. The number of hydrogen-bond donors (Lipinski definition) is 1. The molecule has 1 aliphatic carbocycles. The van der Waals surface area contributed by atoms with Crippen LogP contribution in [0.15, 0.2) is 30.3 Å². The van der Waals surface area contributed by atoms with Crippen molar-refractivity contribution in [1.82, 2.24) is 4.90 Å². The minimum Gasteiger partial charge on any atom is -0.479 e. The number of carboxylic acids is 1. The quantitative estimate of drug-likeness (QED) is 0.918. The standard InChI is InChI=1S/C15H17NO4/c17-13(18)15-9-12(15)7-4-8-16(15)14(19)20-10-11-5-2-1-3-6-11/h1-3,5-6,12H,4,7-10H2,(H,17,18). The van der Waals surface area contributed by atoms with E-state index in [1.54, 1.807) is 0 Å². The van der Waals surface area contributed by atoms with Crippen molar-refractivity contribution in [2.45, 2.75) is 31.4 Å². The molecular formula is C15H17NO4. The summed E-state index contributed by atoms with van der Waals surface area (Å²) in [4.78, 5) is 25.0. The fourth-order valence-corrected chi connectivity index (χ4v) is 3.11. The van der Waals surface area contributed by atoms with E-state index in [-0.39, 0.29) is 12.5 Å². The summed E-state index contributed by atoms with van der Waals surface area (Å²) in [5.74, 6) is -0.808. The zero-order chi connectivity index (χ0) is 14.2. The predicted molar refractivity (Wildman–Crippen MR) is 71.0 cm³/mol. The summed E-state index contributed by atoms with van der Waals surface area (Å²) >= 11 is 0. The molecule has 1 aromatic carbocycles. The molecule has 106 valence electrons. The van der Waals surface area contributed by atoms with E-state index in [4.69, 9.17) is 4.74 Å². The number of fused-ring (bicyclic) bond motifs is 1. The first kappa shape index (κ1) is 13.0. The van der Waals surface area contributed by atoms with E-state index in [0.717, 1.165) is 18.4 Å². The lowest BCUT2D eigenvalue weighted by Gasteiger charge is -2.32. The van der Waals surface area contributed by atoms with E-state index in [2.05, 4.69) is 0 Å². The maximum atomic E-state index is 12.2. The summed E-state index contributed by atoms with van der Waals surface area (Å²) in [5, 5.41) is 9.39. The molecule has 1 N–H and O–H groups in total. The molecular weight excluding hydrogens is 258 g/mol. The second-order valence-corrected chi connectivity index (χ2v) is 5.46. The van der Waals surface area contributed by atoms with Crippen LogP contribution in [0.1, 0.15) is 24.8 Å². The number of hydrogen-bond acceptors (Lipinski definition) is 3. The summed E-state index contributed by atoms with van der Waals surface area (Å²) in [6.07, 6.45) is 1.77. The van der Waals surface area contributed by atoms with Crippen LogP contribution in [-0.2, 0) is 16.1 Å². The number of aliphatic carboxylic acids is 1. The molecule has 2 fully saturated rings. The first-order chi connectivity index (χ1) is 9.64. The van der Waals surface area contributed by atoms with E-state index >= 15 is 0 Å². The van der Waals surface area contributed by atoms with E-state index in [1.807, 2.05) is 30.3 Å². The molecule has 2 atom stereocenters. The van der Waals surface area contributed by atoms with Crippen molar-refractivity contribution in [3.8, 4) is 0 Å². The van der Waals surface area contributed by atoms with Crippen LogP contribution in [0.25, 0.3) is 0 Å². The zero-order valence-electron chi connectivity index (χ0n) is 11.1. The largest absolute Gasteiger partial charge is 0.479 e. The van der Waals surface area contributed by atoms with Gasteiger partial charge in [-0.25, -0.2) is 9.59 Å². The Kier molecular flexibility index (Phi) is 3.12. The highest BCUT2D eigenvalue weighted by Gasteiger charge is 2.67. The molecule has 1 aromatic rings. The number of ether oxygens (including phenoxy) is 1. The minimum absolute atomic E-state index is 0.0954. The first-order valence-corrected chi connectivity index (χ1v) is 6.86. The van der Waals surface area contributed by atoms with Crippen molar-refractivity contribution in [3.63, 3.8) is 0 Å². The molecule has 5 nitrogen and oxygen atoms in total. The molecule has 1 heterocycles. The van der Waals surface area contributed by atoms with Crippen LogP contribution in [0.4, 0.5) is 4.79 Å². The normalized spacial score (nSPS) is 27.6. The number of amides is 1. The van der Waals surface area contributed by atoms with Crippen molar-refractivity contribution >= 4 is 12.1 Å². The summed E-state index contributed by atoms with van der Waals surface area (Å²) in [5.41, 5.74) is -0.0963. The van der Waals surface area contributed by atoms with Crippen molar-refractivity contribution in [2.75, 3.05) is 6.54 Å². The molecule has 0 bridgehead atoms. The summed E-state index contributed by atoms with van der Waals surface area (Å²) in [6, 6.07) is 9.39. The molecule has 3 rings (SSSR count). The van der Waals surface area contributed by atoms with Gasteiger partial charge in [0.2, 0.25) is 0 Å². The lowest BCUT2D eigenvalue weighted by atomic mass is 10.0. The minimum atomic E-state index is -0.994. The Morgan fingerprint density at radius 2 is 2.10 bits per heavy atom. The smallest absolute Gasteiger partial charge is 0.411 e. The predicted octanol–water partition coefficient (Wildman–Crippen LogP) is 2.26. The highest BCUT2D eigenvalue weighted by Crippen LogP contribution is 2.54. The number of likely N-dealkylation sites (tertiary alicyclic amines) is 1. The van der Waals surface area contributed by atoms with Crippen LogP contribution >= 0.6 is 0 Å². The Balaban J connectivity index is 1.66. The topological polar surface area (TPSA) is 66.8 Å². The van der Waals surface area contributed by atoms with Gasteiger partial charge in [0, 0.05) is 6.54 Å². The van der Waals surface area contributed by atoms with Crippen LogP contribution in [0.5, 0.6) is 0 Å². The Bertz CT molecular complexity index is 530. The number of piperidine rings is 1. The van der Waals surface area contributed by atoms with Gasteiger partial charge in [0.25, 0.3) is 0 Å². The third kappa shape index (κ3) is 2.03. The van der Waals surface area contributed by atoms with Crippen LogP contribution in [-0.4, -0.2) is 34.2 Å².